The van der Waals surface area contributed by atoms with Gasteiger partial charge >= 0.3 is 0 Å². The quantitative estimate of drug-likeness (QED) is 0.600. The van der Waals surface area contributed by atoms with Crippen LogP contribution in [0, 0.1) is 5.82 Å². The summed E-state index contributed by atoms with van der Waals surface area (Å²) in [6.07, 6.45) is 11.3. The van der Waals surface area contributed by atoms with Gasteiger partial charge < -0.3 is 14.6 Å². The lowest BCUT2D eigenvalue weighted by Gasteiger charge is -2.38. The van der Waals surface area contributed by atoms with Crippen molar-refractivity contribution in [3.8, 4) is 0 Å². The molecule has 2 unspecified atom stereocenters. The van der Waals surface area contributed by atoms with E-state index >= 15 is 0 Å². The van der Waals surface area contributed by atoms with Crippen molar-refractivity contribution in [2.24, 2.45) is 9.98 Å². The summed E-state index contributed by atoms with van der Waals surface area (Å²) >= 11 is 0. The molecule has 2 aliphatic rings. The first-order valence-corrected chi connectivity index (χ1v) is 10.4. The fraction of sp³-hybridized carbons (Fsp3) is 0.348. The molecule has 8 heteroatoms. The molecule has 1 saturated heterocycles. The molecule has 0 spiro atoms. The van der Waals surface area contributed by atoms with E-state index in [0.29, 0.717) is 29.9 Å². The number of aliphatic imine (C=N–C) groups is 2. The maximum absolute atomic E-state index is 14.5. The summed E-state index contributed by atoms with van der Waals surface area (Å²) in [5, 5.41) is 3.54. The van der Waals surface area contributed by atoms with Crippen LogP contribution in [0.1, 0.15) is 31.5 Å². The Morgan fingerprint density at radius 3 is 2.71 bits per heavy atom. The summed E-state index contributed by atoms with van der Waals surface area (Å²) in [7, 11) is 0. The van der Waals surface area contributed by atoms with Crippen LogP contribution in [0.5, 0.6) is 0 Å². The van der Waals surface area contributed by atoms with Gasteiger partial charge in [0.25, 0.3) is 0 Å². The normalized spacial score (nSPS) is 23.5. The minimum absolute atomic E-state index is 0.0756. The monoisotopic (exact) mass is 424 g/mol. The van der Waals surface area contributed by atoms with E-state index < -0.39 is 12.5 Å². The predicted octanol–water partition coefficient (Wildman–Crippen LogP) is 3.80. The SMILES string of the molecule is C=C/N=C(\N=C1\C=CC(N2CC(C)NC(C)C2)=CC1)c1cc(F)c2nc(CF)cn2c1. The Morgan fingerprint density at radius 1 is 1.29 bits per heavy atom. The number of nitrogens with one attached hydrogen (secondary N) is 1. The number of imidazole rings is 1. The second-order valence-corrected chi connectivity index (χ2v) is 7.95. The number of fused-ring (bicyclic) bond motifs is 1. The lowest BCUT2D eigenvalue weighted by atomic mass is 10.1. The van der Waals surface area contributed by atoms with Crippen LogP contribution in [0.3, 0.4) is 0 Å². The highest BCUT2D eigenvalue weighted by Crippen LogP contribution is 2.19. The van der Waals surface area contributed by atoms with Gasteiger partial charge in [0.05, 0.1) is 5.69 Å². The van der Waals surface area contributed by atoms with Gasteiger partial charge in [-0.15, -0.1) is 0 Å². The zero-order chi connectivity index (χ0) is 22.0. The Hall–Kier alpha value is -3.13. The number of hydrogen-bond acceptors (Lipinski definition) is 4. The molecular weight excluding hydrogens is 398 g/mol. The number of piperazine rings is 1. The third-order valence-electron chi connectivity index (χ3n) is 5.30. The number of hydrogen-bond donors (Lipinski definition) is 1. The van der Waals surface area contributed by atoms with Gasteiger partial charge in [0.1, 0.15) is 6.67 Å². The molecule has 1 N–H and O–H groups in total. The van der Waals surface area contributed by atoms with Gasteiger partial charge in [0.15, 0.2) is 17.3 Å². The molecule has 3 heterocycles. The first-order valence-electron chi connectivity index (χ1n) is 10.4. The number of alkyl halides is 1. The van der Waals surface area contributed by atoms with Crippen molar-refractivity contribution in [1.82, 2.24) is 19.6 Å². The van der Waals surface area contributed by atoms with Crippen LogP contribution < -0.4 is 5.32 Å². The average Bonchev–Trinajstić information content (AvgIpc) is 3.17. The number of rotatable bonds is 4. The highest BCUT2D eigenvalue weighted by atomic mass is 19.1. The number of aromatic nitrogens is 2. The zero-order valence-electron chi connectivity index (χ0n) is 17.7. The van der Waals surface area contributed by atoms with E-state index in [0.717, 1.165) is 18.8 Å². The van der Waals surface area contributed by atoms with Gasteiger partial charge in [0.2, 0.25) is 0 Å². The molecule has 1 aliphatic heterocycles. The van der Waals surface area contributed by atoms with Crippen molar-refractivity contribution in [3.63, 3.8) is 0 Å². The Labute approximate surface area is 180 Å². The van der Waals surface area contributed by atoms with Gasteiger partial charge in [-0.2, -0.15) is 0 Å². The number of amidine groups is 1. The third-order valence-corrected chi connectivity index (χ3v) is 5.30. The van der Waals surface area contributed by atoms with Crippen molar-refractivity contribution < 1.29 is 8.78 Å². The van der Waals surface area contributed by atoms with Gasteiger partial charge in [0, 0.05) is 67.2 Å². The van der Waals surface area contributed by atoms with Gasteiger partial charge in [-0.3, -0.25) is 0 Å². The van der Waals surface area contributed by atoms with Crippen molar-refractivity contribution in [2.75, 3.05) is 13.1 Å². The predicted molar refractivity (Wildman–Crippen MR) is 120 cm³/mol. The Kier molecular flexibility index (Phi) is 6.08. The topological polar surface area (TPSA) is 57.3 Å². The van der Waals surface area contributed by atoms with Crippen molar-refractivity contribution in [2.45, 2.75) is 39.0 Å². The van der Waals surface area contributed by atoms with Gasteiger partial charge in [-0.05, 0) is 32.1 Å². The number of halogens is 2. The van der Waals surface area contributed by atoms with Crippen molar-refractivity contribution >= 4 is 17.2 Å². The Balaban J connectivity index is 1.57. The van der Waals surface area contributed by atoms with Crippen LogP contribution in [0.2, 0.25) is 0 Å². The summed E-state index contributed by atoms with van der Waals surface area (Å²) in [5.74, 6) is -0.218. The molecule has 0 bridgehead atoms. The second kappa shape index (κ2) is 8.93. The fourth-order valence-electron chi connectivity index (χ4n) is 4.07. The number of nitrogens with zero attached hydrogens (tertiary/aromatic N) is 5. The van der Waals surface area contributed by atoms with Crippen molar-refractivity contribution in [1.29, 1.82) is 0 Å². The molecule has 2 atom stereocenters. The summed E-state index contributed by atoms with van der Waals surface area (Å²) in [4.78, 5) is 15.2. The summed E-state index contributed by atoms with van der Waals surface area (Å²) in [6.45, 7) is 9.19. The molecule has 2 aromatic heterocycles. The van der Waals surface area contributed by atoms with E-state index in [2.05, 4.69) is 57.8 Å². The molecule has 2 aromatic rings. The fourth-order valence-corrected chi connectivity index (χ4v) is 4.07. The zero-order valence-corrected chi connectivity index (χ0v) is 17.7. The first-order chi connectivity index (χ1) is 15.0. The second-order valence-electron chi connectivity index (χ2n) is 7.95. The molecule has 0 aromatic carbocycles. The van der Waals surface area contributed by atoms with E-state index in [4.69, 9.17) is 0 Å². The molecule has 0 radical (unpaired) electrons. The minimum atomic E-state index is -0.754. The van der Waals surface area contributed by atoms with Crippen LogP contribution in [0.25, 0.3) is 5.65 Å². The van der Waals surface area contributed by atoms with Crippen LogP contribution in [-0.4, -0.2) is 51.0 Å². The highest BCUT2D eigenvalue weighted by Gasteiger charge is 2.22. The van der Waals surface area contributed by atoms with Crippen LogP contribution >= 0.6 is 0 Å². The van der Waals surface area contributed by atoms with Gasteiger partial charge in [-0.25, -0.2) is 23.7 Å². The number of pyridine rings is 1. The standard InChI is InChI=1S/C23H26F2N6/c1-4-26-22(17-9-21(25)23-29-19(10-24)14-31(23)13-17)28-18-5-7-20(8-6-18)30-11-15(2)27-16(3)12-30/h4-5,7-9,13-16,27H,1,6,10-12H2,2-3H3/b26-22-,28-18-. The maximum atomic E-state index is 14.5. The third kappa shape index (κ3) is 4.64. The van der Waals surface area contributed by atoms with Crippen LogP contribution in [0.4, 0.5) is 8.78 Å². The van der Waals surface area contributed by atoms with E-state index in [-0.39, 0.29) is 11.3 Å². The summed E-state index contributed by atoms with van der Waals surface area (Å²) in [5.41, 5.74) is 2.72. The lowest BCUT2D eigenvalue weighted by molar-refractivity contribution is 0.220. The summed E-state index contributed by atoms with van der Waals surface area (Å²) in [6, 6.07) is 2.18. The molecule has 31 heavy (non-hydrogen) atoms. The molecule has 0 saturated carbocycles. The summed E-state index contributed by atoms with van der Waals surface area (Å²) < 4.78 is 28.9. The van der Waals surface area contributed by atoms with E-state index in [1.807, 2.05) is 6.08 Å². The molecule has 1 fully saturated rings. The minimum Gasteiger partial charge on any atom is -0.369 e. The Bertz CT molecular complexity index is 1100. The van der Waals surface area contributed by atoms with Gasteiger partial charge in [-0.1, -0.05) is 12.7 Å². The highest BCUT2D eigenvalue weighted by molar-refractivity contribution is 6.11. The lowest BCUT2D eigenvalue weighted by Crippen LogP contribution is -2.53. The van der Waals surface area contributed by atoms with E-state index in [1.54, 1.807) is 6.20 Å². The largest absolute Gasteiger partial charge is 0.369 e. The Morgan fingerprint density at radius 2 is 2.06 bits per heavy atom. The average molecular weight is 424 g/mol. The molecule has 0 amide bonds. The molecule has 1 aliphatic carbocycles. The van der Waals surface area contributed by atoms with E-state index in [9.17, 15) is 8.78 Å². The first kappa shape index (κ1) is 21.1. The molecule has 162 valence electrons. The van der Waals surface area contributed by atoms with Crippen LogP contribution in [0.15, 0.2) is 65.1 Å². The smallest absolute Gasteiger partial charge is 0.173 e. The molecular formula is C23H26F2N6. The maximum Gasteiger partial charge on any atom is 0.173 e. The number of allylic oxidation sites excluding steroid dienone is 3. The molecule has 4 rings (SSSR count). The van der Waals surface area contributed by atoms with E-state index in [1.165, 1.54) is 28.6 Å². The van der Waals surface area contributed by atoms with Crippen LogP contribution in [-0.2, 0) is 6.67 Å². The molecule has 6 nitrogen and oxygen atoms in total. The van der Waals surface area contributed by atoms with Crippen molar-refractivity contribution in [3.05, 3.63) is 72.2 Å².